The first-order chi connectivity index (χ1) is 32.0. The smallest absolute Gasteiger partial charge is 0.160 e. The largest absolute Gasteiger partial charge is 0.455 e. The Balaban J connectivity index is 1.00. The van der Waals surface area contributed by atoms with Crippen molar-refractivity contribution in [3.8, 4) is 67.3 Å². The number of furan rings is 1. The molecule has 0 radical (unpaired) electrons. The third-order valence-corrected chi connectivity index (χ3v) is 14.2. The molecule has 0 saturated carbocycles. The van der Waals surface area contributed by atoms with Crippen molar-refractivity contribution in [2.75, 3.05) is 0 Å². The van der Waals surface area contributed by atoms with E-state index in [9.17, 15) is 0 Å². The Hall–Kier alpha value is -8.14. The molecule has 3 heteroatoms. The van der Waals surface area contributed by atoms with Crippen LogP contribution in [0.2, 0.25) is 0 Å². The molecule has 0 saturated heterocycles. The minimum Gasteiger partial charge on any atom is -0.455 e. The molecule has 0 unspecified atom stereocenters. The third kappa shape index (κ3) is 5.55. The highest BCUT2D eigenvalue weighted by Gasteiger charge is 2.46. The van der Waals surface area contributed by atoms with Gasteiger partial charge < -0.3 is 4.42 Å². The van der Waals surface area contributed by atoms with Crippen LogP contribution >= 0.6 is 0 Å². The second-order valence-electron chi connectivity index (χ2n) is 18.0. The highest BCUT2D eigenvalue weighted by Crippen LogP contribution is 2.57. The minimum atomic E-state index is -0.526. The highest BCUT2D eigenvalue weighted by molar-refractivity contribution is 6.09. The molecule has 11 aromatic rings. The van der Waals surface area contributed by atoms with Crippen LogP contribution in [-0.2, 0) is 10.8 Å². The third-order valence-electron chi connectivity index (χ3n) is 14.2. The number of nitrogens with zero attached hydrogens (tertiary/aromatic N) is 2. The lowest BCUT2D eigenvalue weighted by Gasteiger charge is -2.34. The number of rotatable bonds is 6. The van der Waals surface area contributed by atoms with Crippen LogP contribution in [0.3, 0.4) is 0 Å². The molecule has 0 fully saturated rings. The minimum absolute atomic E-state index is 0.0984. The van der Waals surface area contributed by atoms with Crippen molar-refractivity contribution in [1.82, 2.24) is 9.97 Å². The van der Waals surface area contributed by atoms with Crippen LogP contribution < -0.4 is 0 Å². The Morgan fingerprint density at radius 3 is 1.65 bits per heavy atom. The molecule has 0 amide bonds. The first-order valence-electron chi connectivity index (χ1n) is 22.5. The number of hydrogen-bond donors (Lipinski definition) is 0. The Kier molecular flexibility index (Phi) is 8.17. The van der Waals surface area contributed by atoms with Gasteiger partial charge in [-0.3, -0.25) is 0 Å². The van der Waals surface area contributed by atoms with Crippen LogP contribution in [0, 0.1) is 0 Å². The van der Waals surface area contributed by atoms with Crippen molar-refractivity contribution in [2.24, 2.45) is 0 Å². The Morgan fingerprint density at radius 1 is 0.354 bits per heavy atom. The summed E-state index contributed by atoms with van der Waals surface area (Å²) in [5.41, 5.74) is 20.8. The molecule has 2 aliphatic rings. The normalized spacial score (nSPS) is 13.9. The van der Waals surface area contributed by atoms with Gasteiger partial charge in [0.15, 0.2) is 5.82 Å². The summed E-state index contributed by atoms with van der Waals surface area (Å²) in [7, 11) is 0. The van der Waals surface area contributed by atoms with Crippen molar-refractivity contribution < 1.29 is 4.42 Å². The van der Waals surface area contributed by atoms with E-state index in [1.807, 2.05) is 12.1 Å². The van der Waals surface area contributed by atoms with Crippen molar-refractivity contribution in [3.05, 3.63) is 252 Å². The summed E-state index contributed by atoms with van der Waals surface area (Å²) in [6.45, 7) is 4.64. The predicted molar refractivity (Wildman–Crippen MR) is 266 cm³/mol. The summed E-state index contributed by atoms with van der Waals surface area (Å²) in [6.07, 6.45) is 0. The van der Waals surface area contributed by atoms with E-state index in [1.54, 1.807) is 0 Å². The van der Waals surface area contributed by atoms with E-state index in [1.165, 1.54) is 55.6 Å². The summed E-state index contributed by atoms with van der Waals surface area (Å²) in [6, 6.07) is 79.0. The average molecular weight is 831 g/mol. The molecule has 3 nitrogen and oxygen atoms in total. The van der Waals surface area contributed by atoms with E-state index >= 15 is 0 Å². The lowest BCUT2D eigenvalue weighted by atomic mass is 9.67. The van der Waals surface area contributed by atoms with Crippen LogP contribution in [0.1, 0.15) is 47.2 Å². The van der Waals surface area contributed by atoms with Gasteiger partial charge >= 0.3 is 0 Å². The maximum absolute atomic E-state index is 6.45. The summed E-state index contributed by atoms with van der Waals surface area (Å²) >= 11 is 0. The van der Waals surface area contributed by atoms with Gasteiger partial charge in [-0.2, -0.15) is 0 Å². The molecule has 0 spiro atoms. The van der Waals surface area contributed by atoms with E-state index in [0.29, 0.717) is 5.82 Å². The number of fused-ring (bicyclic) bond motifs is 9. The van der Waals surface area contributed by atoms with Gasteiger partial charge in [0.25, 0.3) is 0 Å². The highest BCUT2D eigenvalue weighted by atomic mass is 16.3. The van der Waals surface area contributed by atoms with Crippen LogP contribution in [0.4, 0.5) is 0 Å². The molecule has 13 rings (SSSR count). The predicted octanol–water partition coefficient (Wildman–Crippen LogP) is 15.7. The molecule has 65 heavy (non-hydrogen) atoms. The number of benzene rings is 9. The summed E-state index contributed by atoms with van der Waals surface area (Å²) < 4.78 is 6.45. The van der Waals surface area contributed by atoms with Gasteiger partial charge in [-0.25, -0.2) is 9.97 Å². The lowest BCUT2D eigenvalue weighted by molar-refractivity contribution is 0.660. The fraction of sp³-hybridized carbons (Fsp3) is 0.0645. The lowest BCUT2D eigenvalue weighted by Crippen LogP contribution is -2.28. The molecular formula is C62H42N2O. The van der Waals surface area contributed by atoms with E-state index in [-0.39, 0.29) is 5.41 Å². The fourth-order valence-electron chi connectivity index (χ4n) is 11.1. The van der Waals surface area contributed by atoms with E-state index in [2.05, 4.69) is 220 Å². The first kappa shape index (κ1) is 37.4. The van der Waals surface area contributed by atoms with Gasteiger partial charge in [-0.15, -0.1) is 0 Å². The SMILES string of the molecule is CC1(C)c2ccccc2-c2cc(-c3nc(-c4ccc(-c5cccc6c5oc5ccccc56)cc4)cc(-c4ccc5c(c4)C(c4ccccc4)(c4ccccc4)c4ccccc4-5)n3)ccc21. The number of aromatic nitrogens is 2. The van der Waals surface area contributed by atoms with Crippen LogP contribution in [0.5, 0.6) is 0 Å². The molecular weight excluding hydrogens is 789 g/mol. The monoisotopic (exact) mass is 830 g/mol. The first-order valence-corrected chi connectivity index (χ1v) is 22.5. The van der Waals surface area contributed by atoms with Crippen LogP contribution in [0.25, 0.3) is 89.2 Å². The van der Waals surface area contributed by atoms with Crippen LogP contribution in [0.15, 0.2) is 223 Å². The molecule has 0 aliphatic heterocycles. The second kappa shape index (κ2) is 14.2. The number of para-hydroxylation sites is 2. The molecule has 9 aromatic carbocycles. The Bertz CT molecular complexity index is 3640. The summed E-state index contributed by atoms with van der Waals surface area (Å²) in [5, 5.41) is 2.24. The van der Waals surface area contributed by atoms with E-state index in [0.717, 1.165) is 61.1 Å². The van der Waals surface area contributed by atoms with E-state index in [4.69, 9.17) is 14.4 Å². The quantitative estimate of drug-likeness (QED) is 0.168. The van der Waals surface area contributed by atoms with Crippen molar-refractivity contribution in [3.63, 3.8) is 0 Å². The van der Waals surface area contributed by atoms with Gasteiger partial charge in [0.1, 0.15) is 11.2 Å². The van der Waals surface area contributed by atoms with E-state index < -0.39 is 5.41 Å². The van der Waals surface area contributed by atoms with Crippen molar-refractivity contribution in [1.29, 1.82) is 0 Å². The van der Waals surface area contributed by atoms with Crippen molar-refractivity contribution >= 4 is 21.9 Å². The van der Waals surface area contributed by atoms with Gasteiger partial charge in [0, 0.05) is 38.4 Å². The fourth-order valence-corrected chi connectivity index (χ4v) is 11.1. The average Bonchev–Trinajstić information content (AvgIpc) is 3.98. The van der Waals surface area contributed by atoms with Crippen molar-refractivity contribution in [2.45, 2.75) is 24.7 Å². The topological polar surface area (TPSA) is 38.9 Å². The molecule has 0 bridgehead atoms. The molecule has 0 N–H and O–H groups in total. The summed E-state index contributed by atoms with van der Waals surface area (Å²) in [4.78, 5) is 10.9. The van der Waals surface area contributed by atoms with Gasteiger partial charge in [0.05, 0.1) is 16.8 Å². The maximum Gasteiger partial charge on any atom is 0.160 e. The molecule has 306 valence electrons. The second-order valence-corrected chi connectivity index (χ2v) is 18.0. The molecule has 2 aromatic heterocycles. The van der Waals surface area contributed by atoms with Gasteiger partial charge in [0.2, 0.25) is 0 Å². The zero-order chi connectivity index (χ0) is 43.3. The Labute approximate surface area is 378 Å². The van der Waals surface area contributed by atoms with Crippen LogP contribution in [-0.4, -0.2) is 9.97 Å². The van der Waals surface area contributed by atoms with Gasteiger partial charge in [-0.05, 0) is 85.5 Å². The zero-order valence-electron chi connectivity index (χ0n) is 36.1. The molecule has 0 atom stereocenters. The number of hydrogen-bond acceptors (Lipinski definition) is 3. The van der Waals surface area contributed by atoms with Gasteiger partial charge in [-0.1, -0.05) is 208 Å². The molecule has 2 aliphatic carbocycles. The summed E-state index contributed by atoms with van der Waals surface area (Å²) in [5.74, 6) is 0.694. The Morgan fingerprint density at radius 2 is 0.892 bits per heavy atom. The molecule has 2 heterocycles. The standard InChI is InChI=1S/C62H42N2O/c1-61(2)52-25-12-9-21-47(52)51-36-42(33-35-53(51)61)60-63-56(40-30-28-39(29-31-40)45-23-15-24-50-49-22-11-14-27-58(49)65-59(45)50)38-57(64-60)41-32-34-48-46-20-10-13-26-54(46)62(55(48)37-41,43-16-5-3-6-17-43)44-18-7-4-8-19-44/h3-38H,1-2H3. The zero-order valence-corrected chi connectivity index (χ0v) is 36.1. The maximum atomic E-state index is 6.45.